The van der Waals surface area contributed by atoms with Crippen molar-refractivity contribution in [3.63, 3.8) is 0 Å². The van der Waals surface area contributed by atoms with E-state index in [2.05, 4.69) is 52.0 Å². The van der Waals surface area contributed by atoms with E-state index < -0.39 is 50.4 Å². The van der Waals surface area contributed by atoms with Crippen LogP contribution < -0.4 is 23.1 Å². The van der Waals surface area contributed by atoms with Gasteiger partial charge in [-0.15, -0.1) is 0 Å². The molecule has 4 aromatic rings. The number of ether oxygens (including phenoxy) is 4. The number of aromatic hydroxyl groups is 3. The minimum atomic E-state index is -4.47. The van der Waals surface area contributed by atoms with Gasteiger partial charge in [-0.25, -0.2) is 0 Å². The number of rotatable bonds is 28. The molecule has 0 saturated heterocycles. The van der Waals surface area contributed by atoms with Crippen LogP contribution in [0.25, 0.3) is 0 Å². The molecule has 3 aliphatic carbocycles. The van der Waals surface area contributed by atoms with Gasteiger partial charge < -0.3 is 38.5 Å². The highest BCUT2D eigenvalue weighted by atomic mass is 32.2. The Morgan fingerprint density at radius 1 is 0.463 bits per heavy atom. The van der Waals surface area contributed by atoms with Crippen molar-refractivity contribution in [3.05, 3.63) is 93.0 Å². The number of unbranched alkanes of at least 4 members (excludes halogenated alkanes) is 8. The Kier molecular flexibility index (Phi) is 21.8. The summed E-state index contributed by atoms with van der Waals surface area (Å²) >= 11 is 0. The van der Waals surface area contributed by atoms with E-state index in [-0.39, 0.29) is 59.1 Å². The lowest BCUT2D eigenvalue weighted by molar-refractivity contribution is -0.128. The molecule has 3 aliphatic rings. The van der Waals surface area contributed by atoms with Crippen molar-refractivity contribution in [2.75, 3.05) is 5.75 Å². The van der Waals surface area contributed by atoms with Gasteiger partial charge in [0.15, 0.2) is 0 Å². The summed E-state index contributed by atoms with van der Waals surface area (Å²) in [5.74, 6) is 0.0446. The van der Waals surface area contributed by atoms with Crippen LogP contribution in [0.4, 0.5) is 0 Å². The maximum Gasteiger partial charge on any atom is 0.310 e. The second kappa shape index (κ2) is 27.7. The predicted octanol–water partition coefficient (Wildman–Crippen LogP) is 18.2. The van der Waals surface area contributed by atoms with E-state index >= 15 is 8.42 Å². The summed E-state index contributed by atoms with van der Waals surface area (Å²) in [4.78, 5) is 14.1. The number of ketones is 1. The van der Waals surface area contributed by atoms with Gasteiger partial charge in [0.1, 0.15) is 51.8 Å². The second-order valence-corrected chi connectivity index (χ2v) is 27.7. The van der Waals surface area contributed by atoms with Crippen LogP contribution in [0.2, 0.25) is 0 Å². The van der Waals surface area contributed by atoms with Crippen LogP contribution in [-0.4, -0.2) is 59.7 Å². The topological polar surface area (TPSA) is 158 Å². The molecule has 0 aliphatic heterocycles. The number of carbonyl (C=O) groups excluding carboxylic acids is 1. The fourth-order valence-electron chi connectivity index (χ4n) is 14.0. The number of carbonyl (C=O) groups is 1. The molecule has 2 fully saturated rings. The predicted molar refractivity (Wildman–Crippen MR) is 331 cm³/mol. The summed E-state index contributed by atoms with van der Waals surface area (Å²) in [5.41, 5.74) is 4.25. The zero-order valence-electron chi connectivity index (χ0n) is 52.5. The Morgan fingerprint density at radius 3 is 1.06 bits per heavy atom. The Morgan fingerprint density at radius 2 is 0.768 bits per heavy atom. The Labute approximate surface area is 493 Å². The first-order valence-electron chi connectivity index (χ1n) is 31.8. The van der Waals surface area contributed by atoms with Gasteiger partial charge >= 0.3 is 10.1 Å². The van der Waals surface area contributed by atoms with Crippen LogP contribution >= 0.6 is 0 Å². The van der Waals surface area contributed by atoms with E-state index in [1.54, 1.807) is 24.3 Å². The number of hydrogen-bond donors (Lipinski definition) is 3. The summed E-state index contributed by atoms with van der Waals surface area (Å²) < 4.78 is 64.4. The minimum absolute atomic E-state index is 0.0132. The van der Waals surface area contributed by atoms with Gasteiger partial charge in [-0.3, -0.25) is 4.79 Å². The van der Waals surface area contributed by atoms with Crippen molar-refractivity contribution >= 4 is 15.9 Å². The lowest BCUT2D eigenvalue weighted by Gasteiger charge is -2.36. The Hall–Kier alpha value is -5.10. The van der Waals surface area contributed by atoms with Gasteiger partial charge in [-0.1, -0.05) is 119 Å². The smallest absolute Gasteiger partial charge is 0.310 e. The maximum absolute atomic E-state index is 15.3. The number of Topliss-reactive ketones (excluding diaryl/α,β-unsaturated/α-hetero) is 1. The van der Waals surface area contributed by atoms with E-state index in [4.69, 9.17) is 23.1 Å². The van der Waals surface area contributed by atoms with E-state index in [9.17, 15) is 20.1 Å². The fraction of sp³-hybridized carbons (Fsp3) is 0.643. The number of benzene rings is 4. The highest BCUT2D eigenvalue weighted by Crippen LogP contribution is 2.64. The van der Waals surface area contributed by atoms with E-state index in [0.29, 0.717) is 83.8 Å². The number of hydrogen-bond acceptors (Lipinski definition) is 11. The monoisotopic (exact) mass is 1150 g/mol. The zero-order valence-corrected chi connectivity index (χ0v) is 53.3. The highest BCUT2D eigenvalue weighted by Gasteiger charge is 2.65. The Balaban J connectivity index is 1.69. The first-order chi connectivity index (χ1) is 38.9. The molecule has 6 atom stereocenters. The van der Waals surface area contributed by atoms with Crippen molar-refractivity contribution < 1.29 is 51.7 Å². The summed E-state index contributed by atoms with van der Waals surface area (Å²) in [6.45, 7) is 28.5. The molecule has 6 unspecified atom stereocenters. The highest BCUT2D eigenvalue weighted by molar-refractivity contribution is 7.87. The van der Waals surface area contributed by atoms with Crippen molar-refractivity contribution in [2.24, 2.45) is 16.7 Å². The first kappa shape index (κ1) is 64.5. The average Bonchev–Trinajstić information content (AvgIpc) is 3.07. The van der Waals surface area contributed by atoms with Crippen molar-refractivity contribution in [1.82, 2.24) is 0 Å². The van der Waals surface area contributed by atoms with Crippen molar-refractivity contribution in [1.29, 1.82) is 0 Å². The van der Waals surface area contributed by atoms with Gasteiger partial charge in [-0.05, 0) is 130 Å². The maximum atomic E-state index is 15.3. The van der Waals surface area contributed by atoms with Gasteiger partial charge in [0.25, 0.3) is 0 Å². The number of phenols is 3. The molecule has 0 heterocycles. The molecule has 12 heteroatoms. The lowest BCUT2D eigenvalue weighted by Crippen LogP contribution is -2.43. The van der Waals surface area contributed by atoms with Gasteiger partial charge in [-0.2, -0.15) is 8.42 Å². The van der Waals surface area contributed by atoms with Gasteiger partial charge in [0, 0.05) is 98.9 Å². The van der Waals surface area contributed by atoms with Crippen LogP contribution in [0.1, 0.15) is 287 Å². The van der Waals surface area contributed by atoms with Crippen LogP contribution in [0, 0.1) is 16.7 Å². The first-order valence-corrected chi connectivity index (χ1v) is 33.4. The largest absolute Gasteiger partial charge is 0.508 e. The Bertz CT molecular complexity index is 2910. The molecule has 454 valence electrons. The molecule has 10 bridgehead atoms. The summed E-state index contributed by atoms with van der Waals surface area (Å²) in [6.07, 6.45) is 13.8. The summed E-state index contributed by atoms with van der Waals surface area (Å²) in [7, 11) is -4.47. The number of phenolic OH excluding ortho intramolecular Hbond substituents is 3. The van der Waals surface area contributed by atoms with Crippen LogP contribution in [0.15, 0.2) is 48.5 Å². The van der Waals surface area contributed by atoms with Gasteiger partial charge in [0.05, 0.1) is 35.6 Å². The molecule has 7 rings (SSSR count). The average molecular weight is 1150 g/mol. The molecule has 4 aromatic carbocycles. The van der Waals surface area contributed by atoms with Crippen LogP contribution in [-0.2, 0) is 14.9 Å². The zero-order chi connectivity index (χ0) is 59.8. The van der Waals surface area contributed by atoms with E-state index in [1.807, 2.05) is 69.2 Å². The van der Waals surface area contributed by atoms with Crippen LogP contribution in [0.5, 0.6) is 46.0 Å². The van der Waals surface area contributed by atoms with Crippen LogP contribution in [0.3, 0.4) is 0 Å². The molecular weight excluding hydrogens is 1050 g/mol. The third-order valence-corrected chi connectivity index (χ3v) is 19.5. The fourth-order valence-corrected chi connectivity index (χ4v) is 15.7. The molecule has 0 aromatic heterocycles. The minimum Gasteiger partial charge on any atom is -0.508 e. The van der Waals surface area contributed by atoms with Crippen molar-refractivity contribution in [2.45, 2.75) is 267 Å². The molecule has 0 amide bonds. The summed E-state index contributed by atoms with van der Waals surface area (Å²) in [6, 6.07) is 15.4. The molecule has 3 N–H and O–H groups in total. The second-order valence-electron chi connectivity index (χ2n) is 26.1. The molecule has 82 heavy (non-hydrogen) atoms. The number of fused-ring (bicyclic) bond motifs is 10. The third kappa shape index (κ3) is 14.3. The SMILES string of the molecule is CCCCCC1c2cc(c(OC(C)C)cc2O)C(CCCCC)c2cc(c(OC(C)C)cc2O)C(CCCCC)c2cc(c(OC(C)C)cc2OS(=O)(=O)CC23CCC(CC2=O)C3(C)C)C(CCCCC)c2cc1c(OC(C)C)cc2O. The third-order valence-electron chi connectivity index (χ3n) is 18.2. The normalized spacial score (nSPS) is 21.2. The molecule has 0 spiro atoms. The molecule has 11 nitrogen and oxygen atoms in total. The summed E-state index contributed by atoms with van der Waals surface area (Å²) in [5, 5.41) is 38.2. The van der Waals surface area contributed by atoms with E-state index in [1.165, 1.54) is 0 Å². The standard InChI is InChI=1S/C70H102O11S/c1-15-19-23-27-48-52-34-55(63(38-60(52)71)77-43(5)6)49(28-24-20-16-2)54-36-57(65(40-62(54)73)79-45(9)10)51(30-26-22-18-4)59-37-58(50(29-25-21-17-3)53-35-56(48)64(39-61(53)72)78-44(7)8)66(80-46(11)12)41-67(59)81-82(75,76)42-70-32-31-47(33-68(70)74)69(70,13)14/h34-41,43-51,71-73H,15-33,42H2,1-14H3. The lowest BCUT2D eigenvalue weighted by atomic mass is 9.70. The molecular formula is C70H102O11S. The van der Waals surface area contributed by atoms with Gasteiger partial charge in [0.2, 0.25) is 0 Å². The molecule has 0 radical (unpaired) electrons. The molecule has 2 saturated carbocycles. The quantitative estimate of drug-likeness (QED) is 0.0367. The van der Waals surface area contributed by atoms with Crippen molar-refractivity contribution in [3.8, 4) is 46.0 Å². The van der Waals surface area contributed by atoms with E-state index in [0.717, 1.165) is 106 Å².